The number of rotatable bonds is 0. The molecule has 20 heavy (non-hydrogen) atoms. The van der Waals surface area contributed by atoms with Crippen molar-refractivity contribution in [2.24, 2.45) is 17.3 Å². The Morgan fingerprint density at radius 3 is 2.90 bits per heavy atom. The third kappa shape index (κ3) is 1.70. The Morgan fingerprint density at radius 2 is 2.05 bits per heavy atom. The van der Waals surface area contributed by atoms with Crippen molar-refractivity contribution >= 4 is 12.6 Å². The Kier molecular flexibility index (Phi) is 2.89. The van der Waals surface area contributed by atoms with E-state index in [-0.39, 0.29) is 0 Å². The second-order valence-corrected chi connectivity index (χ2v) is 8.06. The van der Waals surface area contributed by atoms with Gasteiger partial charge in [-0.1, -0.05) is 13.0 Å². The third-order valence-corrected chi connectivity index (χ3v) is 7.51. The van der Waals surface area contributed by atoms with E-state index in [1.54, 1.807) is 0 Å². The zero-order chi connectivity index (χ0) is 13.9. The number of hydrogen-bond acceptors (Lipinski definition) is 2. The normalized spacial score (nSPS) is 42.7. The van der Waals surface area contributed by atoms with Crippen molar-refractivity contribution in [3.8, 4) is 5.75 Å². The van der Waals surface area contributed by atoms with Gasteiger partial charge in [0.25, 0.3) is 0 Å². The van der Waals surface area contributed by atoms with Crippen LogP contribution in [0.25, 0.3) is 0 Å². The fraction of sp³-hybridized carbons (Fsp3) is 0.667. The maximum absolute atomic E-state index is 9.70. The quantitative estimate of drug-likeness (QED) is 0.671. The highest BCUT2D eigenvalue weighted by Crippen LogP contribution is 2.62. The van der Waals surface area contributed by atoms with Gasteiger partial charge in [-0.2, -0.15) is 12.6 Å². The fourth-order valence-electron chi connectivity index (χ4n) is 5.54. The van der Waals surface area contributed by atoms with Crippen LogP contribution in [0.4, 0.5) is 0 Å². The highest BCUT2D eigenvalue weighted by atomic mass is 32.1. The molecular weight excluding hydrogens is 264 g/mol. The van der Waals surface area contributed by atoms with Gasteiger partial charge in [0.1, 0.15) is 5.75 Å². The molecule has 4 rings (SSSR count). The van der Waals surface area contributed by atoms with Gasteiger partial charge in [0, 0.05) is 5.25 Å². The van der Waals surface area contributed by atoms with Crippen LogP contribution in [-0.4, -0.2) is 10.4 Å². The number of thiol groups is 1. The van der Waals surface area contributed by atoms with E-state index in [9.17, 15) is 5.11 Å². The van der Waals surface area contributed by atoms with Crippen molar-refractivity contribution in [1.82, 2.24) is 0 Å². The first-order chi connectivity index (χ1) is 9.59. The number of fused-ring (bicyclic) bond motifs is 5. The minimum atomic E-state index is 0.430. The zero-order valence-corrected chi connectivity index (χ0v) is 13.1. The molecule has 2 saturated carbocycles. The molecule has 5 atom stereocenters. The van der Waals surface area contributed by atoms with E-state index < -0.39 is 0 Å². The summed E-state index contributed by atoms with van der Waals surface area (Å²) in [5.41, 5.74) is 3.40. The smallest absolute Gasteiger partial charge is 0.115 e. The minimum Gasteiger partial charge on any atom is -0.508 e. The first-order valence-corrected chi connectivity index (χ1v) is 8.61. The molecule has 3 aliphatic carbocycles. The van der Waals surface area contributed by atoms with Gasteiger partial charge in [-0.3, -0.25) is 0 Å². The lowest BCUT2D eigenvalue weighted by Gasteiger charge is -2.50. The minimum absolute atomic E-state index is 0.430. The van der Waals surface area contributed by atoms with Crippen LogP contribution in [0.5, 0.6) is 5.75 Å². The fourth-order valence-corrected chi connectivity index (χ4v) is 6.01. The summed E-state index contributed by atoms with van der Waals surface area (Å²) >= 11 is 4.89. The largest absolute Gasteiger partial charge is 0.508 e. The molecule has 0 heterocycles. The average Bonchev–Trinajstić information content (AvgIpc) is 2.74. The van der Waals surface area contributed by atoms with E-state index in [2.05, 4.69) is 13.0 Å². The number of hydrogen-bond donors (Lipinski definition) is 2. The van der Waals surface area contributed by atoms with E-state index in [1.165, 1.54) is 43.2 Å². The van der Waals surface area contributed by atoms with E-state index >= 15 is 0 Å². The summed E-state index contributed by atoms with van der Waals surface area (Å²) in [7, 11) is 0. The van der Waals surface area contributed by atoms with Crippen molar-refractivity contribution in [1.29, 1.82) is 0 Å². The molecule has 3 aliphatic rings. The number of aromatic hydroxyl groups is 1. The van der Waals surface area contributed by atoms with Gasteiger partial charge in [-0.25, -0.2) is 0 Å². The number of aryl methyl sites for hydroxylation is 1. The first-order valence-electron chi connectivity index (χ1n) is 8.09. The second kappa shape index (κ2) is 4.43. The molecule has 1 N–H and O–H groups in total. The van der Waals surface area contributed by atoms with Gasteiger partial charge in [-0.15, -0.1) is 0 Å². The van der Waals surface area contributed by atoms with Crippen molar-refractivity contribution in [2.45, 2.75) is 56.6 Å². The Balaban J connectivity index is 1.71. The van der Waals surface area contributed by atoms with E-state index in [0.29, 0.717) is 16.4 Å². The van der Waals surface area contributed by atoms with Crippen LogP contribution in [0.1, 0.15) is 56.1 Å². The SMILES string of the molecule is C[C@@]12CC[C@@H]3c4ccc(O)cc4CC[C@@H]3[C@@H]1CC[C@@H]2S. The van der Waals surface area contributed by atoms with Crippen molar-refractivity contribution in [3.05, 3.63) is 29.3 Å². The second-order valence-electron chi connectivity index (χ2n) is 7.44. The lowest BCUT2D eigenvalue weighted by molar-refractivity contribution is 0.0633. The number of phenolic OH excluding ortho intramolecular Hbond substituents is 1. The van der Waals surface area contributed by atoms with E-state index in [0.717, 1.165) is 24.2 Å². The molecule has 0 spiro atoms. The predicted octanol–water partition coefficient (Wildman–Crippen LogP) is 4.55. The monoisotopic (exact) mass is 288 g/mol. The lowest BCUT2D eigenvalue weighted by atomic mass is 9.56. The summed E-state index contributed by atoms with van der Waals surface area (Å²) in [6.45, 7) is 2.49. The van der Waals surface area contributed by atoms with Crippen molar-refractivity contribution < 1.29 is 5.11 Å². The molecule has 0 aliphatic heterocycles. The lowest BCUT2D eigenvalue weighted by Crippen LogP contribution is -2.42. The Morgan fingerprint density at radius 1 is 1.20 bits per heavy atom. The number of phenols is 1. The summed E-state index contributed by atoms with van der Waals surface area (Å²) in [5.74, 6) is 2.88. The molecule has 0 saturated heterocycles. The molecule has 1 nitrogen and oxygen atoms in total. The van der Waals surface area contributed by atoms with Gasteiger partial charge >= 0.3 is 0 Å². The molecule has 1 aromatic rings. The Bertz CT molecular complexity index is 540. The van der Waals surface area contributed by atoms with E-state index in [1.807, 2.05) is 12.1 Å². The first kappa shape index (κ1) is 13.1. The van der Waals surface area contributed by atoms with E-state index in [4.69, 9.17) is 12.6 Å². The van der Waals surface area contributed by atoms with Crippen molar-refractivity contribution in [3.63, 3.8) is 0 Å². The standard InChI is InChI=1S/C18H24OS/c1-18-9-8-14-13-5-3-12(19)10-11(13)2-4-15(14)16(18)6-7-17(18)20/h3,5,10,14-17,19-20H,2,4,6-9H2,1H3/t14-,15+,16+,17+,18-/m1/s1. The summed E-state index contributed by atoms with van der Waals surface area (Å²) in [6, 6.07) is 6.07. The van der Waals surface area contributed by atoms with Crippen LogP contribution in [0.2, 0.25) is 0 Å². The average molecular weight is 288 g/mol. The molecule has 108 valence electrons. The van der Waals surface area contributed by atoms with Crippen LogP contribution in [0.15, 0.2) is 18.2 Å². The summed E-state index contributed by atoms with van der Waals surface area (Å²) in [4.78, 5) is 0. The summed E-state index contributed by atoms with van der Waals surface area (Å²) in [5, 5.41) is 10.3. The molecule has 0 aromatic heterocycles. The van der Waals surface area contributed by atoms with Crippen molar-refractivity contribution in [2.75, 3.05) is 0 Å². The third-order valence-electron chi connectivity index (χ3n) is 6.66. The molecule has 0 amide bonds. The van der Waals surface area contributed by atoms with Crippen LogP contribution < -0.4 is 0 Å². The molecule has 2 fully saturated rings. The molecule has 0 unspecified atom stereocenters. The summed E-state index contributed by atoms with van der Waals surface area (Å²) < 4.78 is 0. The maximum atomic E-state index is 9.70. The predicted molar refractivity (Wildman–Crippen MR) is 85.5 cm³/mol. The van der Waals surface area contributed by atoms with Gasteiger partial charge in [0.15, 0.2) is 0 Å². The van der Waals surface area contributed by atoms with Gasteiger partial charge in [0.05, 0.1) is 0 Å². The molecule has 0 bridgehead atoms. The molecule has 2 heteroatoms. The maximum Gasteiger partial charge on any atom is 0.115 e. The van der Waals surface area contributed by atoms with Crippen LogP contribution in [0, 0.1) is 17.3 Å². The van der Waals surface area contributed by atoms with Crippen LogP contribution in [-0.2, 0) is 6.42 Å². The van der Waals surface area contributed by atoms with Gasteiger partial charge < -0.3 is 5.11 Å². The van der Waals surface area contributed by atoms with Crippen LogP contribution >= 0.6 is 12.6 Å². The number of benzene rings is 1. The van der Waals surface area contributed by atoms with Crippen LogP contribution in [0.3, 0.4) is 0 Å². The molecule has 0 radical (unpaired) electrons. The summed E-state index contributed by atoms with van der Waals surface area (Å²) in [6.07, 6.45) is 7.77. The van der Waals surface area contributed by atoms with Gasteiger partial charge in [-0.05, 0) is 85.0 Å². The Labute approximate surface area is 127 Å². The molecular formula is C18H24OS. The Hall–Kier alpha value is -0.630. The highest BCUT2D eigenvalue weighted by molar-refractivity contribution is 7.81. The van der Waals surface area contributed by atoms with Gasteiger partial charge in [0.2, 0.25) is 0 Å². The highest BCUT2D eigenvalue weighted by Gasteiger charge is 2.53. The molecule has 1 aromatic carbocycles. The zero-order valence-electron chi connectivity index (χ0n) is 12.2. The topological polar surface area (TPSA) is 20.2 Å².